The second kappa shape index (κ2) is 5.95. The summed E-state index contributed by atoms with van der Waals surface area (Å²) >= 11 is 7.59. The van der Waals surface area contributed by atoms with Crippen LogP contribution in [-0.4, -0.2) is 13.1 Å². The minimum absolute atomic E-state index is 0.875. The molecule has 0 amide bonds. The zero-order valence-electron chi connectivity index (χ0n) is 10.7. The third-order valence-electron chi connectivity index (χ3n) is 3.43. The average molecular weight is 293 g/mol. The van der Waals surface area contributed by atoms with Gasteiger partial charge in [-0.1, -0.05) is 29.8 Å². The smallest absolute Gasteiger partial charge is 0.0931 e. The maximum Gasteiger partial charge on any atom is 0.0931 e. The number of hydrogen-bond donors (Lipinski definition) is 2. The number of fused-ring (bicyclic) bond motifs is 1. The van der Waals surface area contributed by atoms with E-state index in [1.807, 2.05) is 6.07 Å². The zero-order chi connectivity index (χ0) is 13.1. The van der Waals surface area contributed by atoms with Gasteiger partial charge in [0.25, 0.3) is 0 Å². The van der Waals surface area contributed by atoms with Crippen molar-refractivity contribution in [2.24, 2.45) is 0 Å². The molecule has 2 aromatic rings. The Bertz CT molecular complexity index is 565. The fourth-order valence-corrected chi connectivity index (χ4v) is 3.57. The number of halogens is 1. The van der Waals surface area contributed by atoms with Gasteiger partial charge in [-0.15, -0.1) is 11.3 Å². The molecule has 1 aromatic heterocycles. The highest BCUT2D eigenvalue weighted by Gasteiger charge is 2.12. The molecule has 100 valence electrons. The molecule has 4 heteroatoms. The molecule has 0 bridgehead atoms. The second-order valence-corrected chi connectivity index (χ2v) is 6.56. The van der Waals surface area contributed by atoms with Crippen LogP contribution in [-0.2, 0) is 19.4 Å². The van der Waals surface area contributed by atoms with Gasteiger partial charge in [-0.3, -0.25) is 0 Å². The zero-order valence-corrected chi connectivity index (χ0v) is 12.3. The third kappa shape index (κ3) is 3.11. The molecule has 2 heterocycles. The van der Waals surface area contributed by atoms with E-state index in [0.717, 1.165) is 36.8 Å². The Labute approximate surface area is 122 Å². The summed E-state index contributed by atoms with van der Waals surface area (Å²) in [4.78, 5) is 1.34. The summed E-state index contributed by atoms with van der Waals surface area (Å²) in [5.41, 5.74) is 4.16. The lowest BCUT2D eigenvalue weighted by Gasteiger charge is -2.09. The topological polar surface area (TPSA) is 24.1 Å². The summed E-state index contributed by atoms with van der Waals surface area (Å²) < 4.78 is 0.875. The first-order valence-electron chi connectivity index (χ1n) is 6.62. The van der Waals surface area contributed by atoms with E-state index in [1.54, 1.807) is 11.3 Å². The predicted molar refractivity (Wildman–Crippen MR) is 83.4 cm³/mol. The van der Waals surface area contributed by atoms with Crippen LogP contribution in [0, 0.1) is 0 Å². The van der Waals surface area contributed by atoms with E-state index in [4.69, 9.17) is 11.6 Å². The summed E-state index contributed by atoms with van der Waals surface area (Å²) in [6.45, 7) is 2.98. The number of thiophene rings is 1. The molecular weight excluding hydrogens is 276 g/mol. The monoisotopic (exact) mass is 292 g/mol. The molecule has 0 saturated carbocycles. The van der Waals surface area contributed by atoms with Crippen molar-refractivity contribution in [3.8, 4) is 0 Å². The molecule has 0 fully saturated rings. The van der Waals surface area contributed by atoms with Gasteiger partial charge in [0.15, 0.2) is 0 Å². The molecule has 0 aliphatic carbocycles. The molecule has 3 rings (SSSR count). The SMILES string of the molecule is Clc1ccc(CCNCc2cccc3c2NCC3)s1. The van der Waals surface area contributed by atoms with Gasteiger partial charge in [0.2, 0.25) is 0 Å². The molecule has 2 N–H and O–H groups in total. The van der Waals surface area contributed by atoms with E-state index in [-0.39, 0.29) is 0 Å². The standard InChI is InChI=1S/C15H17ClN2S/c16-14-5-4-13(19-14)7-8-17-10-12-3-1-2-11-6-9-18-15(11)12/h1-5,17-18H,6-10H2. The number of nitrogens with one attached hydrogen (secondary N) is 2. The molecule has 0 spiro atoms. The van der Waals surface area contributed by atoms with Gasteiger partial charge in [-0.25, -0.2) is 0 Å². The van der Waals surface area contributed by atoms with Crippen molar-refractivity contribution >= 4 is 28.6 Å². The molecule has 0 radical (unpaired) electrons. The Balaban J connectivity index is 1.52. The van der Waals surface area contributed by atoms with Crippen LogP contribution in [0.5, 0.6) is 0 Å². The number of benzene rings is 1. The summed E-state index contributed by atoms with van der Waals surface area (Å²) in [5, 5.41) is 6.99. The Kier molecular flexibility index (Phi) is 4.06. The van der Waals surface area contributed by atoms with Gasteiger partial charge in [0.05, 0.1) is 4.34 Å². The van der Waals surface area contributed by atoms with Crippen molar-refractivity contribution in [1.29, 1.82) is 0 Å². The lowest BCUT2D eigenvalue weighted by atomic mass is 10.1. The molecule has 0 atom stereocenters. The van der Waals surface area contributed by atoms with Crippen LogP contribution < -0.4 is 10.6 Å². The minimum atomic E-state index is 0.875. The summed E-state index contributed by atoms with van der Waals surface area (Å²) in [7, 11) is 0. The summed E-state index contributed by atoms with van der Waals surface area (Å²) in [6, 6.07) is 10.6. The first-order valence-corrected chi connectivity index (χ1v) is 7.82. The van der Waals surface area contributed by atoms with E-state index < -0.39 is 0 Å². The molecule has 0 saturated heterocycles. The third-order valence-corrected chi connectivity index (χ3v) is 4.72. The van der Waals surface area contributed by atoms with Crippen LogP contribution in [0.4, 0.5) is 5.69 Å². The molecule has 1 aromatic carbocycles. The van der Waals surface area contributed by atoms with Gasteiger partial charge in [0.1, 0.15) is 0 Å². The van der Waals surface area contributed by atoms with Crippen molar-refractivity contribution in [2.75, 3.05) is 18.4 Å². The van der Waals surface area contributed by atoms with E-state index in [1.165, 1.54) is 21.7 Å². The van der Waals surface area contributed by atoms with E-state index in [9.17, 15) is 0 Å². The van der Waals surface area contributed by atoms with Gasteiger partial charge >= 0.3 is 0 Å². The fraction of sp³-hybridized carbons (Fsp3) is 0.333. The van der Waals surface area contributed by atoms with Crippen LogP contribution in [0.25, 0.3) is 0 Å². The van der Waals surface area contributed by atoms with E-state index >= 15 is 0 Å². The maximum absolute atomic E-state index is 5.92. The van der Waals surface area contributed by atoms with Crippen molar-refractivity contribution in [1.82, 2.24) is 5.32 Å². The normalized spacial score (nSPS) is 13.3. The second-order valence-electron chi connectivity index (χ2n) is 4.76. The number of hydrogen-bond acceptors (Lipinski definition) is 3. The molecule has 2 nitrogen and oxygen atoms in total. The number of para-hydroxylation sites is 1. The Morgan fingerprint density at radius 1 is 1.26 bits per heavy atom. The molecule has 19 heavy (non-hydrogen) atoms. The van der Waals surface area contributed by atoms with Crippen molar-refractivity contribution < 1.29 is 0 Å². The van der Waals surface area contributed by atoms with E-state index in [0.29, 0.717) is 0 Å². The highest BCUT2D eigenvalue weighted by atomic mass is 35.5. The van der Waals surface area contributed by atoms with Crippen molar-refractivity contribution in [3.63, 3.8) is 0 Å². The van der Waals surface area contributed by atoms with Crippen LogP contribution >= 0.6 is 22.9 Å². The van der Waals surface area contributed by atoms with Gasteiger partial charge in [-0.2, -0.15) is 0 Å². The van der Waals surface area contributed by atoms with E-state index in [2.05, 4.69) is 34.9 Å². The van der Waals surface area contributed by atoms with Gasteiger partial charge in [0, 0.05) is 30.2 Å². The summed E-state index contributed by atoms with van der Waals surface area (Å²) in [5.74, 6) is 0. The first kappa shape index (κ1) is 13.0. The lowest BCUT2D eigenvalue weighted by Crippen LogP contribution is -2.17. The molecule has 1 aliphatic heterocycles. The molecule has 1 aliphatic rings. The molecular formula is C15H17ClN2S. The minimum Gasteiger partial charge on any atom is -0.384 e. The molecule has 0 unspecified atom stereocenters. The van der Waals surface area contributed by atoms with Crippen molar-refractivity contribution in [2.45, 2.75) is 19.4 Å². The predicted octanol–water partition coefficient (Wildman–Crippen LogP) is 3.70. The van der Waals surface area contributed by atoms with Crippen LogP contribution in [0.3, 0.4) is 0 Å². The Morgan fingerprint density at radius 2 is 2.21 bits per heavy atom. The van der Waals surface area contributed by atoms with Crippen LogP contribution in [0.15, 0.2) is 30.3 Å². The Morgan fingerprint density at radius 3 is 3.05 bits per heavy atom. The quantitative estimate of drug-likeness (QED) is 0.821. The fourth-order valence-electron chi connectivity index (χ4n) is 2.48. The first-order chi connectivity index (χ1) is 9.33. The van der Waals surface area contributed by atoms with Gasteiger partial charge in [-0.05, 0) is 36.1 Å². The van der Waals surface area contributed by atoms with Crippen LogP contribution in [0.2, 0.25) is 4.34 Å². The maximum atomic E-state index is 5.92. The van der Waals surface area contributed by atoms with Crippen LogP contribution in [0.1, 0.15) is 16.0 Å². The highest BCUT2D eigenvalue weighted by molar-refractivity contribution is 7.16. The average Bonchev–Trinajstić information content (AvgIpc) is 3.03. The Hall–Kier alpha value is -1.03. The number of anilines is 1. The largest absolute Gasteiger partial charge is 0.384 e. The lowest BCUT2D eigenvalue weighted by molar-refractivity contribution is 0.691. The summed E-state index contributed by atoms with van der Waals surface area (Å²) in [6.07, 6.45) is 2.19. The van der Waals surface area contributed by atoms with Crippen molar-refractivity contribution in [3.05, 3.63) is 50.7 Å². The highest BCUT2D eigenvalue weighted by Crippen LogP contribution is 2.26. The number of rotatable bonds is 5. The van der Waals surface area contributed by atoms with Gasteiger partial charge < -0.3 is 10.6 Å².